The summed E-state index contributed by atoms with van der Waals surface area (Å²) >= 11 is 0. The van der Waals surface area contributed by atoms with Crippen molar-refractivity contribution in [3.05, 3.63) is 0 Å². The fraction of sp³-hybridized carbons (Fsp3) is 1.00. The van der Waals surface area contributed by atoms with Crippen molar-refractivity contribution in [3.8, 4) is 0 Å². The molecule has 1 heterocycles. The number of epoxide rings is 1. The Hall–Kier alpha value is 0.0569. The second-order valence-corrected chi connectivity index (χ2v) is 7.93. The van der Waals surface area contributed by atoms with Crippen LogP contribution in [0.1, 0.15) is 32.6 Å². The van der Waals surface area contributed by atoms with Crippen LogP contribution in [0, 0.1) is 5.92 Å². The normalized spacial score (nSPS) is 32.3. The van der Waals surface area contributed by atoms with Gasteiger partial charge in [-0.25, -0.2) is 0 Å². The monoisotopic (exact) mass is 260 g/mol. The first-order chi connectivity index (χ1) is 8.23. The molecule has 3 atom stereocenters. The first-order valence-corrected chi connectivity index (χ1v) is 8.56. The van der Waals surface area contributed by atoms with Crippen LogP contribution in [0.25, 0.3) is 0 Å². The smallest absolute Gasteiger partial charge is 0.377 e. The summed E-state index contributed by atoms with van der Waals surface area (Å²) in [6.07, 6.45) is 6.02. The van der Waals surface area contributed by atoms with E-state index in [4.69, 9.17) is 18.0 Å². The van der Waals surface area contributed by atoms with Crippen molar-refractivity contribution in [1.82, 2.24) is 0 Å². The second kappa shape index (κ2) is 5.80. The Morgan fingerprint density at radius 3 is 2.53 bits per heavy atom. The maximum Gasteiger partial charge on any atom is 0.500 e. The van der Waals surface area contributed by atoms with Crippen molar-refractivity contribution < 1.29 is 18.0 Å². The molecule has 1 saturated heterocycles. The standard InChI is InChI=1S/C12H24O4Si/c1-4-15-17(13-2,14-3)8-7-10-5-6-11-12(9-10)16-11/h10-12H,4-9H2,1-3H3. The predicted molar refractivity (Wildman–Crippen MR) is 66.8 cm³/mol. The van der Waals surface area contributed by atoms with Gasteiger partial charge in [-0.3, -0.25) is 0 Å². The maximum atomic E-state index is 5.72. The molecule has 0 aromatic rings. The van der Waals surface area contributed by atoms with Crippen molar-refractivity contribution >= 4 is 8.80 Å². The summed E-state index contributed by atoms with van der Waals surface area (Å²) in [7, 11) is 1.02. The van der Waals surface area contributed by atoms with E-state index in [-0.39, 0.29) is 0 Å². The van der Waals surface area contributed by atoms with Gasteiger partial charge in [0.25, 0.3) is 0 Å². The first-order valence-electron chi connectivity index (χ1n) is 6.62. The molecular formula is C12H24O4Si. The zero-order valence-corrected chi connectivity index (χ0v) is 12.1. The van der Waals surface area contributed by atoms with E-state index in [1.807, 2.05) is 6.92 Å². The molecule has 1 aliphatic heterocycles. The number of fused-ring (bicyclic) bond motifs is 1. The van der Waals surface area contributed by atoms with Gasteiger partial charge in [-0.2, -0.15) is 0 Å². The lowest BCUT2D eigenvalue weighted by Crippen LogP contribution is -2.44. The van der Waals surface area contributed by atoms with Crippen LogP contribution < -0.4 is 0 Å². The Bertz CT molecular complexity index is 245. The van der Waals surface area contributed by atoms with E-state index in [1.54, 1.807) is 14.2 Å². The number of rotatable bonds is 7. The van der Waals surface area contributed by atoms with Crippen LogP contribution in [0.5, 0.6) is 0 Å². The third kappa shape index (κ3) is 3.29. The lowest BCUT2D eigenvalue weighted by Gasteiger charge is -2.28. The van der Waals surface area contributed by atoms with Crippen molar-refractivity contribution in [2.24, 2.45) is 5.92 Å². The molecule has 2 fully saturated rings. The van der Waals surface area contributed by atoms with Gasteiger partial charge < -0.3 is 18.0 Å². The third-order valence-corrected chi connectivity index (χ3v) is 6.83. The molecule has 0 aromatic heterocycles. The average Bonchev–Trinajstić information content (AvgIpc) is 3.13. The highest BCUT2D eigenvalue weighted by molar-refractivity contribution is 6.60. The minimum atomic E-state index is -2.38. The van der Waals surface area contributed by atoms with Gasteiger partial charge in [-0.15, -0.1) is 0 Å². The Kier molecular flexibility index (Phi) is 4.60. The summed E-state index contributed by atoms with van der Waals surface area (Å²) in [5.74, 6) is 0.761. The van der Waals surface area contributed by atoms with E-state index < -0.39 is 8.80 Å². The van der Waals surface area contributed by atoms with Crippen molar-refractivity contribution in [3.63, 3.8) is 0 Å². The zero-order valence-electron chi connectivity index (χ0n) is 11.1. The Labute approximate surface area is 105 Å². The van der Waals surface area contributed by atoms with Crippen LogP contribution in [0.2, 0.25) is 6.04 Å². The Morgan fingerprint density at radius 1 is 1.18 bits per heavy atom. The average molecular weight is 260 g/mol. The van der Waals surface area contributed by atoms with Crippen LogP contribution in [0.3, 0.4) is 0 Å². The molecule has 0 aromatic carbocycles. The Balaban J connectivity index is 1.77. The minimum absolute atomic E-state index is 0.557. The quantitative estimate of drug-likeness (QED) is 0.520. The van der Waals surface area contributed by atoms with E-state index in [0.29, 0.717) is 18.8 Å². The van der Waals surface area contributed by atoms with Gasteiger partial charge in [0.05, 0.1) is 12.2 Å². The maximum absolute atomic E-state index is 5.72. The van der Waals surface area contributed by atoms with Gasteiger partial charge in [0.15, 0.2) is 0 Å². The molecule has 100 valence electrons. The van der Waals surface area contributed by atoms with Crippen LogP contribution in [-0.2, 0) is 18.0 Å². The topological polar surface area (TPSA) is 40.2 Å². The molecule has 0 radical (unpaired) electrons. The van der Waals surface area contributed by atoms with Gasteiger partial charge in [-0.05, 0) is 38.5 Å². The zero-order chi connectivity index (χ0) is 12.3. The Morgan fingerprint density at radius 2 is 1.94 bits per heavy atom. The number of hydrogen-bond donors (Lipinski definition) is 0. The van der Waals surface area contributed by atoms with E-state index >= 15 is 0 Å². The molecule has 0 spiro atoms. The minimum Gasteiger partial charge on any atom is -0.377 e. The van der Waals surface area contributed by atoms with Gasteiger partial charge >= 0.3 is 8.80 Å². The number of ether oxygens (including phenoxy) is 1. The van der Waals surface area contributed by atoms with Gasteiger partial charge in [0.2, 0.25) is 0 Å². The lowest BCUT2D eigenvalue weighted by atomic mass is 9.88. The van der Waals surface area contributed by atoms with E-state index in [9.17, 15) is 0 Å². The number of hydrogen-bond acceptors (Lipinski definition) is 4. The van der Waals surface area contributed by atoms with E-state index in [1.165, 1.54) is 19.3 Å². The van der Waals surface area contributed by atoms with Gasteiger partial charge in [-0.1, -0.05) is 0 Å². The van der Waals surface area contributed by atoms with Crippen LogP contribution in [-0.4, -0.2) is 41.8 Å². The first kappa shape index (κ1) is 13.5. The van der Waals surface area contributed by atoms with Crippen LogP contribution in [0.4, 0.5) is 0 Å². The molecule has 1 saturated carbocycles. The molecule has 0 bridgehead atoms. The molecule has 3 unspecified atom stereocenters. The summed E-state index contributed by atoms with van der Waals surface area (Å²) in [4.78, 5) is 0. The van der Waals surface area contributed by atoms with Crippen molar-refractivity contribution in [2.75, 3.05) is 20.8 Å². The van der Waals surface area contributed by atoms with E-state index in [2.05, 4.69) is 0 Å². The highest BCUT2D eigenvalue weighted by Crippen LogP contribution is 2.41. The highest BCUT2D eigenvalue weighted by Gasteiger charge is 2.45. The van der Waals surface area contributed by atoms with E-state index in [0.717, 1.165) is 18.4 Å². The summed E-state index contributed by atoms with van der Waals surface area (Å²) in [6.45, 7) is 2.65. The lowest BCUT2D eigenvalue weighted by molar-refractivity contribution is 0.101. The molecule has 2 rings (SSSR count). The van der Waals surface area contributed by atoms with Crippen LogP contribution >= 0.6 is 0 Å². The fourth-order valence-corrected chi connectivity index (χ4v) is 4.98. The summed E-state index contributed by atoms with van der Waals surface area (Å²) < 4.78 is 22.3. The summed E-state index contributed by atoms with van der Waals surface area (Å²) in [6, 6.07) is 0.926. The summed E-state index contributed by atoms with van der Waals surface area (Å²) in [5.41, 5.74) is 0. The second-order valence-electron chi connectivity index (χ2n) is 4.96. The van der Waals surface area contributed by atoms with Crippen molar-refractivity contribution in [1.29, 1.82) is 0 Å². The third-order valence-electron chi connectivity index (χ3n) is 3.96. The highest BCUT2D eigenvalue weighted by atomic mass is 28.4. The van der Waals surface area contributed by atoms with Crippen molar-refractivity contribution in [2.45, 2.75) is 50.9 Å². The predicted octanol–water partition coefficient (Wildman–Crippen LogP) is 2.21. The molecule has 4 nitrogen and oxygen atoms in total. The molecule has 17 heavy (non-hydrogen) atoms. The van der Waals surface area contributed by atoms with Gasteiger partial charge in [0.1, 0.15) is 0 Å². The molecular weight excluding hydrogens is 236 g/mol. The fourth-order valence-electron chi connectivity index (χ4n) is 2.83. The molecule has 0 amide bonds. The summed E-state index contributed by atoms with van der Waals surface area (Å²) in [5, 5.41) is 0. The van der Waals surface area contributed by atoms with Gasteiger partial charge in [0, 0.05) is 26.9 Å². The van der Waals surface area contributed by atoms with Crippen LogP contribution in [0.15, 0.2) is 0 Å². The molecule has 0 N–H and O–H groups in total. The molecule has 5 heteroatoms. The largest absolute Gasteiger partial charge is 0.500 e. The molecule has 1 aliphatic carbocycles. The molecule has 2 aliphatic rings. The SMILES string of the molecule is CCO[Si](CCC1CCC2OC2C1)(OC)OC.